The number of thioether (sulfide) groups is 2. The molecule has 1 N–H and O–H groups in total. The van der Waals surface area contributed by atoms with Crippen molar-refractivity contribution in [3.63, 3.8) is 0 Å². The van der Waals surface area contributed by atoms with Gasteiger partial charge in [0.1, 0.15) is 47.1 Å². The first kappa shape index (κ1) is 47.7. The molecule has 14 nitrogen and oxygen atoms in total. The van der Waals surface area contributed by atoms with Crippen LogP contribution in [0.25, 0.3) is 21.8 Å². The minimum Gasteiger partial charge on any atom is -0.455 e. The molecular weight excluding hydrogens is 864 g/mol. The summed E-state index contributed by atoms with van der Waals surface area (Å²) in [5.74, 6) is -3.51. The molecule has 0 aromatic carbocycles. The Balaban J connectivity index is 0.000000190. The van der Waals surface area contributed by atoms with E-state index in [9.17, 15) is 9.90 Å². The number of nitrogens with zero attached hydrogens (tertiary/aromatic N) is 4. The quantitative estimate of drug-likeness (QED) is 0.0887. The third-order valence-electron chi connectivity index (χ3n) is 8.61. The maximum Gasteiger partial charge on any atom is 1.00 e. The molecule has 7 atom stereocenters. The number of cyclic esters (lactones) is 1. The van der Waals surface area contributed by atoms with Crippen LogP contribution < -0.4 is 18.9 Å². The SMILES string of the molecule is COC[C@H]1OC(=O)[C@@H]2OC(C)(C)O[C@H]12.COC[C@H]1OC(O)(c2scc3c(SC)ncnc23)[C@@H]2OC(C)(C)O[C@@H]21.CSc1ncnc2c(Br)scc12.[CH2-]CCC.[Li+]. The van der Waals surface area contributed by atoms with Gasteiger partial charge >= 0.3 is 24.8 Å². The second kappa shape index (κ2) is 20.5. The number of methoxy groups -OCH3 is 2. The fourth-order valence-corrected chi connectivity index (χ4v) is 9.84. The van der Waals surface area contributed by atoms with Crippen molar-refractivity contribution < 1.29 is 66.7 Å². The number of fused-ring (bicyclic) bond motifs is 4. The Morgan fingerprint density at radius 3 is 1.96 bits per heavy atom. The van der Waals surface area contributed by atoms with Gasteiger partial charge in [-0.15, -0.1) is 46.2 Å². The normalized spacial score (nSPS) is 27.9. The second-order valence-electron chi connectivity index (χ2n) is 13.5. The Morgan fingerprint density at radius 2 is 1.38 bits per heavy atom. The smallest absolute Gasteiger partial charge is 0.455 e. The van der Waals surface area contributed by atoms with Gasteiger partial charge in [0.25, 0.3) is 0 Å². The van der Waals surface area contributed by atoms with Gasteiger partial charge < -0.3 is 49.9 Å². The molecule has 4 aliphatic rings. The summed E-state index contributed by atoms with van der Waals surface area (Å²) in [6.07, 6.45) is 6.58. The maximum absolute atomic E-state index is 11.5. The van der Waals surface area contributed by atoms with Crippen molar-refractivity contribution >= 4 is 89.9 Å². The second-order valence-corrected chi connectivity index (χ2v) is 18.2. The third-order valence-corrected chi connectivity index (χ3v) is 12.8. The molecule has 1 unspecified atom stereocenters. The zero-order chi connectivity index (χ0) is 40.1. The van der Waals surface area contributed by atoms with Crippen LogP contribution in [-0.4, -0.2) is 119 Å². The number of hydrogen-bond donors (Lipinski definition) is 1. The van der Waals surface area contributed by atoms with Crippen LogP contribution in [0.4, 0.5) is 0 Å². The molecule has 0 radical (unpaired) electrons. The van der Waals surface area contributed by atoms with E-state index in [0.717, 1.165) is 36.5 Å². The van der Waals surface area contributed by atoms with Gasteiger partial charge in [0.2, 0.25) is 5.79 Å². The average Bonchev–Trinajstić information content (AvgIpc) is 4.00. The van der Waals surface area contributed by atoms with Crippen LogP contribution in [0, 0.1) is 6.92 Å². The summed E-state index contributed by atoms with van der Waals surface area (Å²) in [6.45, 7) is 13.6. The van der Waals surface area contributed by atoms with Crippen LogP contribution in [0.5, 0.6) is 0 Å². The first-order valence-corrected chi connectivity index (χ1v) is 22.4. The number of rotatable bonds is 8. The number of carbonyl (C=O) groups is 1. The van der Waals surface area contributed by atoms with Crippen LogP contribution in [0.1, 0.15) is 52.3 Å². The molecule has 4 aromatic heterocycles. The van der Waals surface area contributed by atoms with Gasteiger partial charge in [0.15, 0.2) is 23.8 Å². The predicted octanol–water partition coefficient (Wildman–Crippen LogP) is 4.00. The zero-order valence-corrected chi connectivity index (χ0v) is 38.1. The van der Waals surface area contributed by atoms with E-state index < -0.39 is 41.8 Å². The summed E-state index contributed by atoms with van der Waals surface area (Å²) < 4.78 is 45.2. The summed E-state index contributed by atoms with van der Waals surface area (Å²) >= 11 is 9.67. The van der Waals surface area contributed by atoms with E-state index in [0.29, 0.717) is 23.6 Å². The number of carbonyl (C=O) groups excluding carboxylic acids is 1. The van der Waals surface area contributed by atoms with E-state index in [1.165, 1.54) is 35.8 Å². The van der Waals surface area contributed by atoms with E-state index in [-0.39, 0.29) is 37.0 Å². The largest absolute Gasteiger partial charge is 1.00 e. The van der Waals surface area contributed by atoms with Crippen LogP contribution >= 0.6 is 62.1 Å². The van der Waals surface area contributed by atoms with Crippen molar-refractivity contribution in [3.8, 4) is 0 Å². The van der Waals surface area contributed by atoms with Gasteiger partial charge in [0, 0.05) is 35.8 Å². The van der Waals surface area contributed by atoms with E-state index in [1.807, 2.05) is 31.7 Å². The first-order valence-electron chi connectivity index (χ1n) is 17.4. The molecule has 0 saturated carbocycles. The number of aromatic nitrogens is 4. The molecule has 0 bridgehead atoms. The molecular formula is C36H48BrLiN4O10S4. The van der Waals surface area contributed by atoms with Crippen molar-refractivity contribution in [2.75, 3.05) is 39.9 Å². The summed E-state index contributed by atoms with van der Waals surface area (Å²) in [4.78, 5) is 29.0. The van der Waals surface area contributed by atoms with E-state index in [1.54, 1.807) is 57.5 Å². The molecule has 4 aromatic rings. The van der Waals surface area contributed by atoms with E-state index in [4.69, 9.17) is 37.9 Å². The Labute approximate surface area is 364 Å². The first-order chi connectivity index (χ1) is 26.2. The van der Waals surface area contributed by atoms with Gasteiger partial charge in [-0.05, 0) is 56.1 Å². The molecule has 304 valence electrons. The minimum absolute atomic E-state index is 0. The number of hydrogen-bond acceptors (Lipinski definition) is 18. The van der Waals surface area contributed by atoms with Gasteiger partial charge in [-0.3, -0.25) is 0 Å². The van der Waals surface area contributed by atoms with Gasteiger partial charge in [-0.1, -0.05) is 13.3 Å². The number of ether oxygens (including phenoxy) is 8. The maximum atomic E-state index is 11.5. The van der Waals surface area contributed by atoms with Crippen molar-refractivity contribution in [2.45, 2.75) is 111 Å². The minimum atomic E-state index is -1.64. The molecule has 8 rings (SSSR count). The van der Waals surface area contributed by atoms with E-state index >= 15 is 0 Å². The Hall–Kier alpha value is -0.993. The van der Waals surface area contributed by atoms with Crippen LogP contribution in [0.3, 0.4) is 0 Å². The number of unbranched alkanes of at least 4 members (excludes halogenated alkanes) is 1. The molecule has 0 amide bonds. The van der Waals surface area contributed by atoms with Crippen LogP contribution in [0.15, 0.2) is 37.3 Å². The van der Waals surface area contributed by atoms with Crippen molar-refractivity contribution in [1.29, 1.82) is 0 Å². The van der Waals surface area contributed by atoms with Crippen LogP contribution in [-0.2, 0) is 48.5 Å². The molecule has 20 heteroatoms. The van der Waals surface area contributed by atoms with Gasteiger partial charge in [0.05, 0.1) is 32.9 Å². The van der Waals surface area contributed by atoms with Crippen LogP contribution in [0.2, 0.25) is 0 Å². The predicted molar refractivity (Wildman–Crippen MR) is 216 cm³/mol. The Morgan fingerprint density at radius 1 is 0.839 bits per heavy atom. The summed E-state index contributed by atoms with van der Waals surface area (Å²) in [7, 11) is 3.15. The standard InChI is InChI=1S/C16H20N2O5S2.C9H14O5.C7H5BrN2S2.C4H9.Li/c1-15(2)22-11-9(5-20-3)21-16(19,12(11)23-15)13-10-8(6-25-13)14(24-4)18-7-17-10;1-9(2)13-6-5(4-11-3)12-8(10)7(6)14-9;1-11-7-4-2-12-6(8)5(4)9-3-10-7;1-3-4-2;/h6-7,9,11-12,19H,5H2,1-4H3;5-7H,4H2,1-3H3;2-3H,1H3;1,3-4H2,2H3;/q;;;-1;+1/t9-,11-,12-,16?;5-,6-,7-;;;/m11.../s1. The average molecular weight is 912 g/mol. The fraction of sp³-hybridized carbons (Fsp3) is 0.611. The zero-order valence-electron chi connectivity index (χ0n) is 33.2. The van der Waals surface area contributed by atoms with Gasteiger partial charge in [-0.2, -0.15) is 6.42 Å². The van der Waals surface area contributed by atoms with E-state index in [2.05, 4.69) is 55.1 Å². The third kappa shape index (κ3) is 10.5. The summed E-state index contributed by atoms with van der Waals surface area (Å²) in [6, 6.07) is 0. The van der Waals surface area contributed by atoms with Crippen molar-refractivity contribution in [2.24, 2.45) is 0 Å². The molecule has 0 spiro atoms. The fourth-order valence-electron chi connectivity index (χ4n) is 6.25. The summed E-state index contributed by atoms with van der Waals surface area (Å²) in [5.41, 5.74) is 1.69. The molecule has 4 fully saturated rings. The summed E-state index contributed by atoms with van der Waals surface area (Å²) in [5, 5.41) is 19.4. The molecule has 4 saturated heterocycles. The molecule has 4 aliphatic heterocycles. The topological polar surface area (TPSA) is 163 Å². The molecule has 8 heterocycles. The number of thiophene rings is 2. The number of esters is 1. The Bertz CT molecular complexity index is 1900. The monoisotopic (exact) mass is 910 g/mol. The van der Waals surface area contributed by atoms with Crippen molar-refractivity contribution in [1.82, 2.24) is 19.9 Å². The van der Waals surface area contributed by atoms with Crippen molar-refractivity contribution in [3.05, 3.63) is 39.0 Å². The molecule has 56 heavy (non-hydrogen) atoms. The Kier molecular flexibility index (Phi) is 17.5. The van der Waals surface area contributed by atoms with Gasteiger partial charge in [-0.25, -0.2) is 24.7 Å². The number of aliphatic hydroxyl groups is 1. The number of halogens is 1. The molecule has 0 aliphatic carbocycles.